The van der Waals surface area contributed by atoms with E-state index in [1.165, 1.54) is 0 Å². The highest BCUT2D eigenvalue weighted by atomic mass is 35.5. The number of aryl methyl sites for hydroxylation is 2. The van der Waals surface area contributed by atoms with E-state index in [1.54, 1.807) is 6.07 Å². The molecule has 0 spiro atoms. The van der Waals surface area contributed by atoms with Gasteiger partial charge in [-0.25, -0.2) is 0 Å². The van der Waals surface area contributed by atoms with Gasteiger partial charge in [-0.15, -0.1) is 0 Å². The fourth-order valence-corrected chi connectivity index (χ4v) is 4.42. The Morgan fingerprint density at radius 2 is 2.03 bits per heavy atom. The van der Waals surface area contributed by atoms with Crippen molar-refractivity contribution in [3.05, 3.63) is 76.9 Å². The third kappa shape index (κ3) is 4.60. The summed E-state index contributed by atoms with van der Waals surface area (Å²) in [4.78, 5) is 20.3. The number of carbonyl (C=O) groups is 1. The number of aromatic nitrogens is 3. The molecule has 0 fully saturated rings. The molecule has 5 aromatic rings. The maximum absolute atomic E-state index is 12.5. The van der Waals surface area contributed by atoms with Crippen molar-refractivity contribution in [1.29, 1.82) is 0 Å². The number of hydrogen-bond acceptors (Lipinski definition) is 4. The van der Waals surface area contributed by atoms with Crippen LogP contribution in [0.4, 0.5) is 0 Å². The highest BCUT2D eigenvalue weighted by molar-refractivity contribution is 6.34. The lowest BCUT2D eigenvalue weighted by Crippen LogP contribution is -2.26. The number of benzene rings is 3. The molecule has 0 aliphatic carbocycles. The number of H-pyrrole nitrogens is 1. The lowest BCUT2D eigenvalue weighted by Gasteiger charge is -2.09. The van der Waals surface area contributed by atoms with Gasteiger partial charge in [0.25, 0.3) is 11.9 Å². The van der Waals surface area contributed by atoms with Crippen LogP contribution < -0.4 is 15.8 Å². The molecule has 0 saturated heterocycles. The number of hydrogen-bond donors (Lipinski definition) is 3. The predicted molar refractivity (Wildman–Crippen MR) is 140 cm³/mol. The Morgan fingerprint density at radius 1 is 1.17 bits per heavy atom. The maximum Gasteiger partial charge on any atom is 0.300 e. The quantitative estimate of drug-likeness (QED) is 0.262. The molecule has 8 heteroatoms. The number of ether oxygens (including phenoxy) is 1. The van der Waals surface area contributed by atoms with Crippen LogP contribution >= 0.6 is 11.6 Å². The van der Waals surface area contributed by atoms with E-state index in [9.17, 15) is 4.79 Å². The van der Waals surface area contributed by atoms with E-state index in [0.29, 0.717) is 35.4 Å². The van der Waals surface area contributed by atoms with Crippen LogP contribution in [0.3, 0.4) is 0 Å². The van der Waals surface area contributed by atoms with Crippen molar-refractivity contribution in [3.8, 4) is 22.9 Å². The van der Waals surface area contributed by atoms with Gasteiger partial charge in [0.2, 0.25) is 0 Å². The van der Waals surface area contributed by atoms with Gasteiger partial charge in [-0.05, 0) is 73.5 Å². The van der Waals surface area contributed by atoms with Crippen LogP contribution in [0.5, 0.6) is 11.8 Å². The largest absolute Gasteiger partial charge is 0.426 e. The lowest BCUT2D eigenvalue weighted by molar-refractivity contribution is 0.0952. The summed E-state index contributed by atoms with van der Waals surface area (Å²) >= 11 is 6.64. The Balaban J connectivity index is 1.42. The molecule has 5 rings (SSSR count). The molecule has 0 unspecified atom stereocenters. The molecule has 7 nitrogen and oxygen atoms in total. The van der Waals surface area contributed by atoms with Gasteiger partial charge in [0, 0.05) is 41.8 Å². The number of rotatable bonds is 7. The number of amides is 1. The van der Waals surface area contributed by atoms with Crippen LogP contribution in [0.15, 0.2) is 60.8 Å². The van der Waals surface area contributed by atoms with Crippen LogP contribution in [0.2, 0.25) is 5.02 Å². The fraction of sp³-hybridized carbons (Fsp3) is 0.185. The van der Waals surface area contributed by atoms with Gasteiger partial charge in [-0.1, -0.05) is 23.7 Å². The van der Waals surface area contributed by atoms with Crippen LogP contribution in [-0.4, -0.2) is 33.5 Å². The molecule has 0 atom stereocenters. The monoisotopic (exact) mass is 487 g/mol. The zero-order valence-electron chi connectivity index (χ0n) is 19.6. The van der Waals surface area contributed by atoms with Gasteiger partial charge in [0.05, 0.1) is 16.1 Å². The number of nitrogens with two attached hydrogens (primary N) is 1. The highest BCUT2D eigenvalue weighted by Crippen LogP contribution is 2.34. The second-order valence-corrected chi connectivity index (χ2v) is 8.98. The number of fused-ring (bicyclic) bond motifs is 2. The summed E-state index contributed by atoms with van der Waals surface area (Å²) in [6.07, 6.45) is 2.76. The van der Waals surface area contributed by atoms with Gasteiger partial charge in [0.1, 0.15) is 5.75 Å². The van der Waals surface area contributed by atoms with Crippen molar-refractivity contribution >= 4 is 39.4 Å². The average Bonchev–Trinajstić information content (AvgIpc) is 3.41. The van der Waals surface area contributed by atoms with Crippen molar-refractivity contribution < 1.29 is 9.53 Å². The third-order valence-electron chi connectivity index (χ3n) is 6.08. The molecule has 0 saturated carbocycles. The Bertz CT molecular complexity index is 1550. The van der Waals surface area contributed by atoms with Crippen LogP contribution in [0.1, 0.15) is 22.3 Å². The van der Waals surface area contributed by atoms with Crippen molar-refractivity contribution in [2.75, 3.05) is 13.1 Å². The van der Waals surface area contributed by atoms with E-state index < -0.39 is 0 Å². The van der Waals surface area contributed by atoms with E-state index in [1.807, 2.05) is 44.4 Å². The molecule has 0 bridgehead atoms. The van der Waals surface area contributed by atoms with Crippen LogP contribution in [0.25, 0.3) is 33.1 Å². The molecule has 2 aromatic heterocycles. The first-order valence-corrected chi connectivity index (χ1v) is 11.8. The first-order valence-electron chi connectivity index (χ1n) is 11.4. The summed E-state index contributed by atoms with van der Waals surface area (Å²) in [6.45, 7) is 2.95. The maximum atomic E-state index is 12.5. The minimum atomic E-state index is -0.155. The Kier molecular flexibility index (Phi) is 6.19. The van der Waals surface area contributed by atoms with Gasteiger partial charge in [-0.2, -0.15) is 4.98 Å². The summed E-state index contributed by atoms with van der Waals surface area (Å²) in [5, 5.41) is 4.65. The first-order chi connectivity index (χ1) is 16.9. The fourth-order valence-electron chi connectivity index (χ4n) is 4.15. The van der Waals surface area contributed by atoms with Gasteiger partial charge >= 0.3 is 0 Å². The Morgan fingerprint density at radius 3 is 2.86 bits per heavy atom. The lowest BCUT2D eigenvalue weighted by atomic mass is 10.0. The minimum absolute atomic E-state index is 0.155. The normalized spacial score (nSPS) is 11.3. The molecule has 0 aliphatic heterocycles. The summed E-state index contributed by atoms with van der Waals surface area (Å²) in [7, 11) is 2.03. The van der Waals surface area contributed by atoms with Crippen LogP contribution in [0, 0.1) is 6.92 Å². The van der Waals surface area contributed by atoms with Crippen LogP contribution in [-0.2, 0) is 7.05 Å². The number of aromatic amines is 1. The van der Waals surface area contributed by atoms with Crippen molar-refractivity contribution in [2.24, 2.45) is 12.8 Å². The van der Waals surface area contributed by atoms with Crippen molar-refractivity contribution in [1.82, 2.24) is 19.9 Å². The van der Waals surface area contributed by atoms with Gasteiger partial charge in [-0.3, -0.25) is 4.79 Å². The first kappa shape index (κ1) is 23.0. The van der Waals surface area contributed by atoms with E-state index in [-0.39, 0.29) is 5.91 Å². The number of halogens is 1. The summed E-state index contributed by atoms with van der Waals surface area (Å²) < 4.78 is 8.05. The molecular formula is C27H26ClN5O2. The van der Waals surface area contributed by atoms with Crippen molar-refractivity contribution in [3.63, 3.8) is 0 Å². The number of carbonyl (C=O) groups excluding carboxylic acids is 1. The Labute approximate surface area is 207 Å². The molecule has 1 amide bonds. The topological polar surface area (TPSA) is 98.0 Å². The van der Waals surface area contributed by atoms with E-state index in [0.717, 1.165) is 45.0 Å². The van der Waals surface area contributed by atoms with Gasteiger partial charge < -0.3 is 25.3 Å². The number of nitrogens with one attached hydrogen (secondary N) is 2. The van der Waals surface area contributed by atoms with E-state index >= 15 is 0 Å². The molecule has 0 aliphatic rings. The van der Waals surface area contributed by atoms with Crippen molar-refractivity contribution in [2.45, 2.75) is 13.3 Å². The number of imidazole rings is 1. The molecule has 3 aromatic carbocycles. The van der Waals surface area contributed by atoms with E-state index in [2.05, 4.69) is 44.1 Å². The second kappa shape index (κ2) is 9.44. The molecule has 35 heavy (non-hydrogen) atoms. The summed E-state index contributed by atoms with van der Waals surface area (Å²) in [5.41, 5.74) is 11.5. The molecule has 0 radical (unpaired) electrons. The minimum Gasteiger partial charge on any atom is -0.426 e. The Hall–Kier alpha value is -3.81. The number of nitrogens with zero attached hydrogens (tertiary/aromatic N) is 2. The standard InChI is InChI=1S/C27H26ClN5O2/c1-16-4-6-19(13-20(16)26(34)30-10-3-9-29)35-27-31-23-14-21(22(28)15-24(23)32-27)17-5-7-25-18(12-17)8-11-33(25)2/h4-8,11-15H,3,9-10,29H2,1-2H3,(H,30,34)(H,31,32). The summed E-state index contributed by atoms with van der Waals surface area (Å²) in [5.74, 6) is 0.359. The summed E-state index contributed by atoms with van der Waals surface area (Å²) in [6, 6.07) is 17.9. The average molecular weight is 488 g/mol. The molecule has 2 heterocycles. The molecule has 4 N–H and O–H groups in total. The third-order valence-corrected chi connectivity index (χ3v) is 6.39. The molecule has 178 valence electrons. The van der Waals surface area contributed by atoms with E-state index in [4.69, 9.17) is 22.1 Å². The zero-order chi connectivity index (χ0) is 24.5. The SMILES string of the molecule is Cc1ccc(Oc2nc3cc(-c4ccc5c(ccn5C)c4)c(Cl)cc3[nH]2)cc1C(=O)NCCCN. The second-order valence-electron chi connectivity index (χ2n) is 8.57. The smallest absolute Gasteiger partial charge is 0.300 e. The molecular weight excluding hydrogens is 462 g/mol. The predicted octanol–water partition coefficient (Wildman–Crippen LogP) is 5.55. The van der Waals surface area contributed by atoms with Gasteiger partial charge in [0.15, 0.2) is 0 Å². The highest BCUT2D eigenvalue weighted by Gasteiger charge is 2.14. The zero-order valence-corrected chi connectivity index (χ0v) is 20.3.